The zero-order valence-electron chi connectivity index (χ0n) is 9.81. The van der Waals surface area contributed by atoms with E-state index in [9.17, 15) is 0 Å². The van der Waals surface area contributed by atoms with Crippen molar-refractivity contribution < 1.29 is 0 Å². The Balaban J connectivity index is 2.35. The van der Waals surface area contributed by atoms with Gasteiger partial charge in [0.1, 0.15) is 0 Å². The van der Waals surface area contributed by atoms with Crippen LogP contribution in [0.4, 0.5) is 0 Å². The van der Waals surface area contributed by atoms with Gasteiger partial charge in [-0.15, -0.1) is 0 Å². The van der Waals surface area contributed by atoms with Gasteiger partial charge in [-0.05, 0) is 31.7 Å². The fourth-order valence-corrected chi connectivity index (χ4v) is 2.22. The van der Waals surface area contributed by atoms with E-state index in [1.807, 2.05) is 0 Å². The Labute approximate surface area is 89.0 Å². The molecule has 0 amide bonds. The summed E-state index contributed by atoms with van der Waals surface area (Å²) < 4.78 is 0. The largest absolute Gasteiger partial charge is 0.313 e. The Morgan fingerprint density at radius 3 is 2.50 bits per heavy atom. The molecule has 1 aliphatic carbocycles. The van der Waals surface area contributed by atoms with Gasteiger partial charge in [-0.25, -0.2) is 0 Å². The van der Waals surface area contributed by atoms with E-state index >= 15 is 0 Å². The molecular weight excluding hydrogens is 170 g/mol. The highest BCUT2D eigenvalue weighted by Crippen LogP contribution is 2.25. The molecule has 0 spiro atoms. The second-order valence-electron chi connectivity index (χ2n) is 4.36. The van der Waals surface area contributed by atoms with Crippen LogP contribution in [0.1, 0.15) is 52.4 Å². The van der Waals surface area contributed by atoms with Gasteiger partial charge in [0.05, 0.1) is 0 Å². The lowest BCUT2D eigenvalue weighted by Crippen LogP contribution is -2.17. The van der Waals surface area contributed by atoms with Crippen LogP contribution in [0.3, 0.4) is 0 Å². The average Bonchev–Trinajstić information content (AvgIpc) is 2.25. The molecule has 1 saturated carbocycles. The number of nitrogens with one attached hydrogen (secondary N) is 1. The molecule has 0 aromatic heterocycles. The van der Waals surface area contributed by atoms with Crippen molar-refractivity contribution in [2.24, 2.45) is 5.92 Å². The van der Waals surface area contributed by atoms with Crippen molar-refractivity contribution in [2.45, 2.75) is 52.4 Å². The Morgan fingerprint density at radius 2 is 1.93 bits per heavy atom. The summed E-state index contributed by atoms with van der Waals surface area (Å²) in [6, 6.07) is 0. The first-order valence-electron chi connectivity index (χ1n) is 6.27. The zero-order chi connectivity index (χ0) is 10.2. The van der Waals surface area contributed by atoms with Crippen LogP contribution in [0.2, 0.25) is 0 Å². The highest BCUT2D eigenvalue weighted by atomic mass is 14.8. The van der Waals surface area contributed by atoms with Crippen molar-refractivity contribution >= 4 is 0 Å². The smallest absolute Gasteiger partial charge is 0.0164 e. The number of hydrogen-bond acceptors (Lipinski definition) is 1. The minimum Gasteiger partial charge on any atom is -0.313 e. The van der Waals surface area contributed by atoms with Gasteiger partial charge in [0, 0.05) is 6.54 Å². The molecular formula is C13H25N. The van der Waals surface area contributed by atoms with Gasteiger partial charge in [0.2, 0.25) is 0 Å². The van der Waals surface area contributed by atoms with Crippen LogP contribution in [0.15, 0.2) is 11.6 Å². The lowest BCUT2D eigenvalue weighted by molar-refractivity contribution is 0.416. The summed E-state index contributed by atoms with van der Waals surface area (Å²) >= 11 is 0. The normalized spacial score (nSPS) is 20.0. The van der Waals surface area contributed by atoms with Gasteiger partial charge in [-0.2, -0.15) is 0 Å². The lowest BCUT2D eigenvalue weighted by atomic mass is 9.87. The summed E-state index contributed by atoms with van der Waals surface area (Å²) in [6.45, 7) is 6.63. The Bertz CT molecular complexity index is 166. The summed E-state index contributed by atoms with van der Waals surface area (Å²) in [5.41, 5.74) is 1.61. The second-order valence-corrected chi connectivity index (χ2v) is 4.36. The molecule has 0 radical (unpaired) electrons. The van der Waals surface area contributed by atoms with Crippen LogP contribution in [0, 0.1) is 5.92 Å². The third-order valence-electron chi connectivity index (χ3n) is 3.18. The van der Waals surface area contributed by atoms with E-state index in [1.54, 1.807) is 5.57 Å². The molecule has 82 valence electrons. The predicted molar refractivity (Wildman–Crippen MR) is 63.5 cm³/mol. The van der Waals surface area contributed by atoms with Crippen LogP contribution in [-0.4, -0.2) is 13.1 Å². The molecule has 1 N–H and O–H groups in total. The highest BCUT2D eigenvalue weighted by molar-refractivity contribution is 5.06. The van der Waals surface area contributed by atoms with Crippen molar-refractivity contribution in [1.29, 1.82) is 0 Å². The summed E-state index contributed by atoms with van der Waals surface area (Å²) in [6.07, 6.45) is 11.0. The molecule has 0 aliphatic heterocycles. The summed E-state index contributed by atoms with van der Waals surface area (Å²) in [7, 11) is 0. The summed E-state index contributed by atoms with van der Waals surface area (Å²) in [5, 5.41) is 3.42. The van der Waals surface area contributed by atoms with Crippen LogP contribution in [0.25, 0.3) is 0 Å². The molecule has 1 aliphatic rings. The van der Waals surface area contributed by atoms with E-state index in [0.717, 1.165) is 19.0 Å². The maximum Gasteiger partial charge on any atom is 0.0164 e. The molecule has 14 heavy (non-hydrogen) atoms. The molecule has 0 heterocycles. The molecule has 0 aromatic carbocycles. The first-order valence-corrected chi connectivity index (χ1v) is 6.27. The molecule has 1 fully saturated rings. The highest BCUT2D eigenvalue weighted by Gasteiger charge is 2.11. The van der Waals surface area contributed by atoms with Crippen molar-refractivity contribution in [3.63, 3.8) is 0 Å². The van der Waals surface area contributed by atoms with Crippen molar-refractivity contribution in [2.75, 3.05) is 13.1 Å². The van der Waals surface area contributed by atoms with E-state index in [0.29, 0.717) is 0 Å². The minimum atomic E-state index is 0.886. The molecule has 0 saturated heterocycles. The fourth-order valence-electron chi connectivity index (χ4n) is 2.22. The van der Waals surface area contributed by atoms with Crippen LogP contribution in [0.5, 0.6) is 0 Å². The van der Waals surface area contributed by atoms with Crippen molar-refractivity contribution in [1.82, 2.24) is 5.32 Å². The Hall–Kier alpha value is -0.300. The van der Waals surface area contributed by atoms with Gasteiger partial charge >= 0.3 is 0 Å². The molecule has 1 rings (SSSR count). The number of allylic oxidation sites excluding steroid dienone is 1. The van der Waals surface area contributed by atoms with Crippen molar-refractivity contribution in [3.8, 4) is 0 Å². The number of hydrogen-bond donors (Lipinski definition) is 1. The topological polar surface area (TPSA) is 12.0 Å². The monoisotopic (exact) mass is 195 g/mol. The van der Waals surface area contributed by atoms with Gasteiger partial charge < -0.3 is 5.32 Å². The van der Waals surface area contributed by atoms with Crippen LogP contribution in [-0.2, 0) is 0 Å². The SMILES string of the molecule is CCNCC(=CC1CCCCC1)CC. The van der Waals surface area contributed by atoms with Gasteiger partial charge in [0.25, 0.3) is 0 Å². The Morgan fingerprint density at radius 1 is 1.21 bits per heavy atom. The van der Waals surface area contributed by atoms with E-state index in [1.165, 1.54) is 38.5 Å². The third-order valence-corrected chi connectivity index (χ3v) is 3.18. The van der Waals surface area contributed by atoms with E-state index in [2.05, 4.69) is 25.2 Å². The van der Waals surface area contributed by atoms with E-state index in [-0.39, 0.29) is 0 Å². The van der Waals surface area contributed by atoms with Crippen molar-refractivity contribution in [3.05, 3.63) is 11.6 Å². The predicted octanol–water partition coefficient (Wildman–Crippen LogP) is 3.51. The molecule has 0 bridgehead atoms. The number of likely N-dealkylation sites (N-methyl/N-ethyl adjacent to an activating group) is 1. The van der Waals surface area contributed by atoms with Gasteiger partial charge in [-0.1, -0.05) is 44.8 Å². The molecule has 0 atom stereocenters. The lowest BCUT2D eigenvalue weighted by Gasteiger charge is -2.19. The van der Waals surface area contributed by atoms with Gasteiger partial charge in [-0.3, -0.25) is 0 Å². The Kier molecular flexibility index (Phi) is 5.93. The average molecular weight is 195 g/mol. The maximum absolute atomic E-state index is 3.42. The zero-order valence-corrected chi connectivity index (χ0v) is 9.81. The molecule has 0 unspecified atom stereocenters. The van der Waals surface area contributed by atoms with Crippen LogP contribution < -0.4 is 5.32 Å². The molecule has 1 nitrogen and oxygen atoms in total. The summed E-state index contributed by atoms with van der Waals surface area (Å²) in [5.74, 6) is 0.886. The second kappa shape index (κ2) is 7.05. The standard InChI is InChI=1S/C13H25N/c1-3-12(11-14-4-2)10-13-8-6-5-7-9-13/h10,13-14H,3-9,11H2,1-2H3. The molecule has 0 aromatic rings. The minimum absolute atomic E-state index is 0.886. The maximum atomic E-state index is 3.42. The van der Waals surface area contributed by atoms with Crippen LogP contribution >= 0.6 is 0 Å². The quantitative estimate of drug-likeness (QED) is 0.662. The molecule has 1 heteroatoms. The third kappa shape index (κ3) is 4.28. The number of rotatable bonds is 5. The van der Waals surface area contributed by atoms with Gasteiger partial charge in [0.15, 0.2) is 0 Å². The fraction of sp³-hybridized carbons (Fsp3) is 0.846. The summed E-state index contributed by atoms with van der Waals surface area (Å²) in [4.78, 5) is 0. The van der Waals surface area contributed by atoms with E-state index in [4.69, 9.17) is 0 Å². The van der Waals surface area contributed by atoms with E-state index < -0.39 is 0 Å². The first kappa shape index (κ1) is 11.8. The first-order chi connectivity index (χ1) is 6.86.